The van der Waals surface area contributed by atoms with Gasteiger partial charge in [0.1, 0.15) is 12.2 Å². The maximum atomic E-state index is 13.0. The number of nitrogens with one attached hydrogen (secondary N) is 2. The molecule has 0 bridgehead atoms. The molecule has 0 aliphatic rings. The quantitative estimate of drug-likeness (QED) is 0.719. The first-order valence-corrected chi connectivity index (χ1v) is 4.78. The van der Waals surface area contributed by atoms with Crippen LogP contribution in [0.2, 0.25) is 0 Å². The molecule has 1 aromatic heterocycles. The normalized spacial score (nSPS) is 10.6. The Hall–Kier alpha value is -1.95. The van der Waals surface area contributed by atoms with Gasteiger partial charge in [0.25, 0.3) is 0 Å². The van der Waals surface area contributed by atoms with Crippen molar-refractivity contribution in [2.24, 2.45) is 0 Å². The molecule has 0 spiro atoms. The average molecular weight is 222 g/mol. The van der Waals surface area contributed by atoms with Crippen LogP contribution < -0.4 is 5.32 Å². The Kier molecular flexibility index (Phi) is 3.11. The van der Waals surface area contributed by atoms with E-state index in [1.165, 1.54) is 12.4 Å². The number of hydrogen-bond acceptors (Lipinski definition) is 4. The molecule has 0 atom stereocenters. The summed E-state index contributed by atoms with van der Waals surface area (Å²) in [5.74, 6) is -0.234. The summed E-state index contributed by atoms with van der Waals surface area (Å²) in [7, 11) is 0. The number of H-pyrrole nitrogens is 1. The highest BCUT2D eigenvalue weighted by molar-refractivity contribution is 5.33. The molecule has 0 aliphatic carbocycles. The van der Waals surface area contributed by atoms with Crippen molar-refractivity contribution in [3.8, 4) is 5.75 Å². The minimum Gasteiger partial charge on any atom is -0.505 e. The summed E-state index contributed by atoms with van der Waals surface area (Å²) in [6, 6.07) is 4.43. The number of phenols is 1. The molecule has 3 N–H and O–H groups in total. The first-order valence-electron chi connectivity index (χ1n) is 4.78. The van der Waals surface area contributed by atoms with Crippen molar-refractivity contribution in [1.82, 2.24) is 20.5 Å². The Morgan fingerprint density at radius 1 is 1.38 bits per heavy atom. The monoisotopic (exact) mass is 222 g/mol. The second kappa shape index (κ2) is 4.71. The van der Waals surface area contributed by atoms with Crippen LogP contribution in [0.3, 0.4) is 0 Å². The maximum absolute atomic E-state index is 13.0. The van der Waals surface area contributed by atoms with Gasteiger partial charge in [0, 0.05) is 12.1 Å². The molecule has 0 fully saturated rings. The lowest BCUT2D eigenvalue weighted by atomic mass is 10.2. The zero-order valence-corrected chi connectivity index (χ0v) is 8.44. The van der Waals surface area contributed by atoms with Gasteiger partial charge in [-0.3, -0.25) is 5.10 Å². The van der Waals surface area contributed by atoms with Crippen LogP contribution in [0.5, 0.6) is 5.75 Å². The summed E-state index contributed by atoms with van der Waals surface area (Å²) >= 11 is 0. The number of halogens is 1. The number of rotatable bonds is 4. The van der Waals surface area contributed by atoms with Crippen LogP contribution in [-0.2, 0) is 13.1 Å². The largest absolute Gasteiger partial charge is 0.505 e. The molecule has 1 aromatic carbocycles. The smallest absolute Gasteiger partial charge is 0.165 e. The van der Waals surface area contributed by atoms with E-state index in [-0.39, 0.29) is 5.75 Å². The molecule has 16 heavy (non-hydrogen) atoms. The zero-order valence-electron chi connectivity index (χ0n) is 8.44. The van der Waals surface area contributed by atoms with Gasteiger partial charge in [-0.25, -0.2) is 9.37 Å². The molecule has 84 valence electrons. The van der Waals surface area contributed by atoms with Crippen molar-refractivity contribution in [2.75, 3.05) is 0 Å². The molecule has 2 rings (SSSR count). The van der Waals surface area contributed by atoms with Gasteiger partial charge in [0.05, 0.1) is 6.54 Å². The summed E-state index contributed by atoms with van der Waals surface area (Å²) in [5.41, 5.74) is 0.513. The van der Waals surface area contributed by atoms with Crippen LogP contribution in [-0.4, -0.2) is 20.3 Å². The first kappa shape index (κ1) is 10.6. The molecular formula is C10H11FN4O. The highest BCUT2D eigenvalue weighted by atomic mass is 19.1. The van der Waals surface area contributed by atoms with E-state index < -0.39 is 5.82 Å². The van der Waals surface area contributed by atoms with E-state index in [4.69, 9.17) is 0 Å². The summed E-state index contributed by atoms with van der Waals surface area (Å²) < 4.78 is 13.0. The second-order valence-electron chi connectivity index (χ2n) is 3.28. The van der Waals surface area contributed by atoms with E-state index in [1.54, 1.807) is 12.1 Å². The number of benzene rings is 1. The summed E-state index contributed by atoms with van der Waals surface area (Å²) in [6.07, 6.45) is 1.41. The lowest BCUT2D eigenvalue weighted by Gasteiger charge is -2.05. The molecule has 5 nitrogen and oxygen atoms in total. The zero-order chi connectivity index (χ0) is 11.4. The minimum absolute atomic E-state index is 0.312. The topological polar surface area (TPSA) is 73.8 Å². The van der Waals surface area contributed by atoms with Gasteiger partial charge in [-0.15, -0.1) is 0 Å². The number of nitrogens with zero attached hydrogens (tertiary/aromatic N) is 2. The van der Waals surface area contributed by atoms with Crippen molar-refractivity contribution in [2.45, 2.75) is 13.1 Å². The van der Waals surface area contributed by atoms with Gasteiger partial charge >= 0.3 is 0 Å². The number of aromatic hydroxyl groups is 1. The number of phenolic OH excluding ortho intramolecular Hbond substituents is 1. The Bertz CT molecular complexity index is 458. The Morgan fingerprint density at radius 3 is 3.00 bits per heavy atom. The van der Waals surface area contributed by atoms with Gasteiger partial charge in [-0.05, 0) is 6.07 Å². The van der Waals surface area contributed by atoms with E-state index >= 15 is 0 Å². The third-order valence-corrected chi connectivity index (χ3v) is 2.14. The van der Waals surface area contributed by atoms with Gasteiger partial charge < -0.3 is 10.4 Å². The summed E-state index contributed by atoms with van der Waals surface area (Å²) in [4.78, 5) is 3.92. The van der Waals surface area contributed by atoms with Crippen molar-refractivity contribution in [3.05, 3.63) is 41.7 Å². The van der Waals surface area contributed by atoms with Gasteiger partial charge in [-0.1, -0.05) is 12.1 Å². The molecule has 0 unspecified atom stereocenters. The maximum Gasteiger partial charge on any atom is 0.165 e. The first-order chi connectivity index (χ1) is 7.77. The van der Waals surface area contributed by atoms with Gasteiger partial charge in [-0.2, -0.15) is 5.10 Å². The Labute approximate surface area is 91.3 Å². The van der Waals surface area contributed by atoms with E-state index in [2.05, 4.69) is 20.5 Å². The molecule has 0 aliphatic heterocycles. The molecule has 0 radical (unpaired) electrons. The van der Waals surface area contributed by atoms with Gasteiger partial charge in [0.15, 0.2) is 11.6 Å². The van der Waals surface area contributed by atoms with E-state index in [0.717, 1.165) is 0 Å². The molecule has 0 saturated heterocycles. The lowest BCUT2D eigenvalue weighted by Crippen LogP contribution is -2.14. The third kappa shape index (κ3) is 2.34. The van der Waals surface area contributed by atoms with Crippen LogP contribution in [0.1, 0.15) is 11.4 Å². The Morgan fingerprint density at radius 2 is 2.25 bits per heavy atom. The van der Waals surface area contributed by atoms with Crippen LogP contribution in [0.25, 0.3) is 0 Å². The number of aromatic nitrogens is 3. The predicted octanol–water partition coefficient (Wildman–Crippen LogP) is 0.939. The molecule has 2 aromatic rings. The van der Waals surface area contributed by atoms with Gasteiger partial charge in [0.2, 0.25) is 0 Å². The number of para-hydroxylation sites is 1. The number of aromatic amines is 1. The predicted molar refractivity (Wildman–Crippen MR) is 55.0 cm³/mol. The fraction of sp³-hybridized carbons (Fsp3) is 0.200. The van der Waals surface area contributed by atoms with Crippen molar-refractivity contribution in [3.63, 3.8) is 0 Å². The highest BCUT2D eigenvalue weighted by Gasteiger charge is 2.05. The lowest BCUT2D eigenvalue weighted by molar-refractivity contribution is 0.423. The average Bonchev–Trinajstić information content (AvgIpc) is 2.77. The highest BCUT2D eigenvalue weighted by Crippen LogP contribution is 2.20. The minimum atomic E-state index is -0.612. The molecular weight excluding hydrogens is 211 g/mol. The second-order valence-corrected chi connectivity index (χ2v) is 3.28. The van der Waals surface area contributed by atoms with E-state index in [1.807, 2.05) is 0 Å². The van der Waals surface area contributed by atoms with Crippen LogP contribution in [0.4, 0.5) is 4.39 Å². The summed E-state index contributed by atoms with van der Waals surface area (Å²) in [6.45, 7) is 0.847. The number of hydrogen-bond donors (Lipinski definition) is 3. The molecule has 6 heteroatoms. The fourth-order valence-electron chi connectivity index (χ4n) is 1.33. The van der Waals surface area contributed by atoms with Crippen molar-refractivity contribution in [1.29, 1.82) is 0 Å². The van der Waals surface area contributed by atoms with Crippen molar-refractivity contribution < 1.29 is 9.50 Å². The SMILES string of the molecule is Oc1c(F)cccc1CNCc1ncn[nH]1. The Balaban J connectivity index is 1.92. The van der Waals surface area contributed by atoms with Crippen molar-refractivity contribution >= 4 is 0 Å². The molecule has 0 amide bonds. The van der Waals surface area contributed by atoms with Crippen LogP contribution >= 0.6 is 0 Å². The van der Waals surface area contributed by atoms with Crippen LogP contribution in [0, 0.1) is 5.82 Å². The third-order valence-electron chi connectivity index (χ3n) is 2.14. The standard InChI is InChI=1S/C10H11FN4O/c11-8-3-1-2-7(10(8)16)4-12-5-9-13-6-14-15-9/h1-3,6,12,16H,4-5H2,(H,13,14,15). The molecule has 1 heterocycles. The van der Waals surface area contributed by atoms with E-state index in [0.29, 0.717) is 24.5 Å². The van der Waals surface area contributed by atoms with E-state index in [9.17, 15) is 9.50 Å². The van der Waals surface area contributed by atoms with Crippen LogP contribution in [0.15, 0.2) is 24.5 Å². The fourth-order valence-corrected chi connectivity index (χ4v) is 1.33. The summed E-state index contributed by atoms with van der Waals surface area (Å²) in [5, 5.41) is 18.8. The molecule has 0 saturated carbocycles.